The van der Waals surface area contributed by atoms with Gasteiger partial charge in [0.05, 0.1) is 10.6 Å². The molecule has 0 unspecified atom stereocenters. The molecule has 2 rings (SSSR count). The van der Waals surface area contributed by atoms with Crippen LogP contribution in [0, 0.1) is 10.1 Å². The summed E-state index contributed by atoms with van der Waals surface area (Å²) in [5.74, 6) is -0.334. The van der Waals surface area contributed by atoms with E-state index < -0.39 is 4.92 Å². The lowest BCUT2D eigenvalue weighted by atomic mass is 9.93. The van der Waals surface area contributed by atoms with E-state index in [9.17, 15) is 14.9 Å². The van der Waals surface area contributed by atoms with E-state index in [1.54, 1.807) is 0 Å². The molecule has 0 aliphatic rings. The molecule has 0 aliphatic heterocycles. The summed E-state index contributed by atoms with van der Waals surface area (Å²) >= 11 is 1.36. The highest BCUT2D eigenvalue weighted by atomic mass is 32.1. The molecule has 0 fully saturated rings. The standard InChI is InChI=1S/C14H15N3O3S/c1-14(2,3)11-8-21-13(15-11)16-12(18)9-4-6-10(7-5-9)17(19)20/h4-8H,1-3H3,(H,15,16,18). The van der Waals surface area contributed by atoms with Gasteiger partial charge in [-0.05, 0) is 12.1 Å². The zero-order chi connectivity index (χ0) is 15.6. The number of non-ortho nitro benzene ring substituents is 1. The van der Waals surface area contributed by atoms with Crippen molar-refractivity contribution in [1.29, 1.82) is 0 Å². The summed E-state index contributed by atoms with van der Waals surface area (Å²) in [6.07, 6.45) is 0. The zero-order valence-electron chi connectivity index (χ0n) is 11.9. The summed E-state index contributed by atoms with van der Waals surface area (Å²) in [6.45, 7) is 6.14. The van der Waals surface area contributed by atoms with Gasteiger partial charge in [-0.25, -0.2) is 4.98 Å². The normalized spacial score (nSPS) is 11.2. The monoisotopic (exact) mass is 305 g/mol. The van der Waals surface area contributed by atoms with Crippen molar-refractivity contribution >= 4 is 28.1 Å². The maximum absolute atomic E-state index is 12.0. The summed E-state index contributed by atoms with van der Waals surface area (Å²) in [7, 11) is 0. The first-order valence-electron chi connectivity index (χ1n) is 6.29. The van der Waals surface area contributed by atoms with Gasteiger partial charge in [0.2, 0.25) is 0 Å². The number of rotatable bonds is 3. The first-order chi connectivity index (χ1) is 9.77. The molecule has 21 heavy (non-hydrogen) atoms. The van der Waals surface area contributed by atoms with Crippen LogP contribution in [0.1, 0.15) is 36.8 Å². The van der Waals surface area contributed by atoms with Crippen molar-refractivity contribution in [3.63, 3.8) is 0 Å². The first kappa shape index (κ1) is 15.1. The van der Waals surface area contributed by atoms with Gasteiger partial charge in [-0.2, -0.15) is 0 Å². The molecule has 0 saturated heterocycles. The van der Waals surface area contributed by atoms with Gasteiger partial charge in [0.25, 0.3) is 11.6 Å². The molecule has 0 atom stereocenters. The minimum Gasteiger partial charge on any atom is -0.298 e. The van der Waals surface area contributed by atoms with Crippen molar-refractivity contribution in [1.82, 2.24) is 4.98 Å². The Hall–Kier alpha value is -2.28. The number of hydrogen-bond acceptors (Lipinski definition) is 5. The van der Waals surface area contributed by atoms with Crippen molar-refractivity contribution in [3.05, 3.63) is 51.0 Å². The molecule has 0 aliphatic carbocycles. The highest BCUT2D eigenvalue weighted by Crippen LogP contribution is 2.26. The fourth-order valence-electron chi connectivity index (χ4n) is 1.58. The molecule has 110 valence electrons. The quantitative estimate of drug-likeness (QED) is 0.693. The van der Waals surface area contributed by atoms with Gasteiger partial charge in [0.15, 0.2) is 5.13 Å². The zero-order valence-corrected chi connectivity index (χ0v) is 12.7. The Morgan fingerprint density at radius 1 is 1.29 bits per heavy atom. The second kappa shape index (κ2) is 5.61. The minimum atomic E-state index is -0.502. The van der Waals surface area contributed by atoms with E-state index in [1.807, 2.05) is 26.2 Å². The number of anilines is 1. The molecule has 1 amide bonds. The molecule has 0 spiro atoms. The summed E-state index contributed by atoms with van der Waals surface area (Å²) in [6, 6.07) is 5.45. The van der Waals surface area contributed by atoms with Crippen LogP contribution in [0.4, 0.5) is 10.8 Å². The third kappa shape index (κ3) is 3.63. The van der Waals surface area contributed by atoms with Crippen LogP contribution in [0.3, 0.4) is 0 Å². The average Bonchev–Trinajstić information content (AvgIpc) is 2.87. The molecule has 0 radical (unpaired) electrons. The number of carbonyl (C=O) groups is 1. The Bertz CT molecular complexity index is 672. The van der Waals surface area contributed by atoms with Gasteiger partial charge in [0.1, 0.15) is 0 Å². The fraction of sp³-hybridized carbons (Fsp3) is 0.286. The third-order valence-corrected chi connectivity index (χ3v) is 3.59. The predicted molar refractivity (Wildman–Crippen MR) is 81.9 cm³/mol. The van der Waals surface area contributed by atoms with Gasteiger partial charge in [-0.3, -0.25) is 20.2 Å². The Labute approximate surface area is 126 Å². The molecule has 2 aromatic rings. The van der Waals surface area contributed by atoms with E-state index >= 15 is 0 Å². The fourth-order valence-corrected chi connectivity index (χ4v) is 2.51. The van der Waals surface area contributed by atoms with Crippen LogP contribution in [0.5, 0.6) is 0 Å². The number of nitro groups is 1. The number of benzene rings is 1. The average molecular weight is 305 g/mol. The molecule has 6 nitrogen and oxygen atoms in total. The molecule has 1 heterocycles. The molecule has 1 aromatic carbocycles. The lowest BCUT2D eigenvalue weighted by Gasteiger charge is -2.14. The highest BCUT2D eigenvalue weighted by Gasteiger charge is 2.18. The van der Waals surface area contributed by atoms with Crippen LogP contribution in [0.15, 0.2) is 29.6 Å². The second-order valence-corrected chi connectivity index (χ2v) is 6.40. The summed E-state index contributed by atoms with van der Waals surface area (Å²) in [5.41, 5.74) is 1.14. The number of nitrogens with zero attached hydrogens (tertiary/aromatic N) is 2. The Balaban J connectivity index is 2.11. The number of hydrogen-bond donors (Lipinski definition) is 1. The number of thiazole rings is 1. The maximum Gasteiger partial charge on any atom is 0.269 e. The highest BCUT2D eigenvalue weighted by molar-refractivity contribution is 7.14. The van der Waals surface area contributed by atoms with Crippen molar-refractivity contribution in [2.75, 3.05) is 5.32 Å². The van der Waals surface area contributed by atoms with Crippen LogP contribution < -0.4 is 5.32 Å². The van der Waals surface area contributed by atoms with Crippen LogP contribution in [0.2, 0.25) is 0 Å². The lowest BCUT2D eigenvalue weighted by molar-refractivity contribution is -0.384. The number of carbonyl (C=O) groups excluding carboxylic acids is 1. The number of nitrogens with one attached hydrogen (secondary N) is 1. The van der Waals surface area contributed by atoms with E-state index in [-0.39, 0.29) is 17.0 Å². The topological polar surface area (TPSA) is 85.1 Å². The van der Waals surface area contributed by atoms with E-state index in [2.05, 4.69) is 10.3 Å². The third-order valence-electron chi connectivity index (χ3n) is 2.83. The largest absolute Gasteiger partial charge is 0.298 e. The lowest BCUT2D eigenvalue weighted by Crippen LogP contribution is -2.14. The van der Waals surface area contributed by atoms with Crippen LogP contribution in [-0.4, -0.2) is 15.8 Å². The number of nitro benzene ring substituents is 1. The Morgan fingerprint density at radius 3 is 2.38 bits per heavy atom. The van der Waals surface area contributed by atoms with Crippen molar-refractivity contribution in [2.45, 2.75) is 26.2 Å². The molecular formula is C14H15N3O3S. The van der Waals surface area contributed by atoms with E-state index in [1.165, 1.54) is 35.6 Å². The number of amides is 1. The van der Waals surface area contributed by atoms with Gasteiger partial charge in [0, 0.05) is 28.5 Å². The van der Waals surface area contributed by atoms with Crippen LogP contribution in [-0.2, 0) is 5.41 Å². The van der Waals surface area contributed by atoms with Gasteiger partial charge in [-0.15, -0.1) is 11.3 Å². The predicted octanol–water partition coefficient (Wildman–Crippen LogP) is 3.60. The van der Waals surface area contributed by atoms with Gasteiger partial charge in [-0.1, -0.05) is 20.8 Å². The van der Waals surface area contributed by atoms with Crippen molar-refractivity contribution in [3.8, 4) is 0 Å². The van der Waals surface area contributed by atoms with Crippen LogP contribution in [0.25, 0.3) is 0 Å². The Kier molecular flexibility index (Phi) is 4.04. The Morgan fingerprint density at radius 2 is 1.90 bits per heavy atom. The first-order valence-corrected chi connectivity index (χ1v) is 7.17. The van der Waals surface area contributed by atoms with E-state index in [0.717, 1.165) is 5.69 Å². The van der Waals surface area contributed by atoms with Gasteiger partial charge >= 0.3 is 0 Å². The summed E-state index contributed by atoms with van der Waals surface area (Å²) in [5, 5.41) is 15.7. The SMILES string of the molecule is CC(C)(C)c1csc(NC(=O)c2ccc([N+](=O)[O-])cc2)n1. The molecule has 0 saturated carbocycles. The van der Waals surface area contributed by atoms with Crippen LogP contribution >= 0.6 is 11.3 Å². The smallest absolute Gasteiger partial charge is 0.269 e. The maximum atomic E-state index is 12.0. The molecule has 1 aromatic heterocycles. The minimum absolute atomic E-state index is 0.0455. The van der Waals surface area contributed by atoms with Crippen molar-refractivity contribution in [2.24, 2.45) is 0 Å². The van der Waals surface area contributed by atoms with E-state index in [4.69, 9.17) is 0 Å². The van der Waals surface area contributed by atoms with Crippen molar-refractivity contribution < 1.29 is 9.72 Å². The summed E-state index contributed by atoms with van der Waals surface area (Å²) < 4.78 is 0. The van der Waals surface area contributed by atoms with Gasteiger partial charge < -0.3 is 0 Å². The van der Waals surface area contributed by atoms with E-state index in [0.29, 0.717) is 10.7 Å². The molecule has 0 bridgehead atoms. The summed E-state index contributed by atoms with van der Waals surface area (Å²) in [4.78, 5) is 26.5. The molecule has 7 heteroatoms. The number of aromatic nitrogens is 1. The molecule has 1 N–H and O–H groups in total. The molecular weight excluding hydrogens is 290 g/mol. The second-order valence-electron chi connectivity index (χ2n) is 5.55.